The topological polar surface area (TPSA) is 60.8 Å². The maximum absolute atomic E-state index is 10.9. The van der Waals surface area contributed by atoms with Crippen LogP contribution >= 0.6 is 0 Å². The second kappa shape index (κ2) is 5.09. The van der Waals surface area contributed by atoms with Crippen LogP contribution in [0.5, 0.6) is 0 Å². The molecule has 1 saturated heterocycles. The zero-order valence-corrected chi connectivity index (χ0v) is 11.6. The van der Waals surface area contributed by atoms with E-state index in [0.29, 0.717) is 11.5 Å². The van der Waals surface area contributed by atoms with E-state index in [-0.39, 0.29) is 0 Å². The minimum Gasteiger partial charge on any atom is -0.478 e. The number of benzene rings is 1. The predicted molar refractivity (Wildman–Crippen MR) is 77.1 cm³/mol. The second-order valence-corrected chi connectivity index (χ2v) is 6.09. The summed E-state index contributed by atoms with van der Waals surface area (Å²) in [4.78, 5) is 13.1. The average Bonchev–Trinajstić information content (AvgIpc) is 2.46. The zero-order chi connectivity index (χ0) is 14.2. The van der Waals surface area contributed by atoms with Gasteiger partial charge in [-0.15, -0.1) is 0 Å². The molecule has 2 fully saturated rings. The Balaban J connectivity index is 1.74. The quantitative estimate of drug-likeness (QED) is 0.870. The van der Waals surface area contributed by atoms with Crippen molar-refractivity contribution >= 4 is 11.7 Å². The summed E-state index contributed by atoms with van der Waals surface area (Å²) in [5.74, 6) is -0.541. The first-order valence-electron chi connectivity index (χ1n) is 7.39. The van der Waals surface area contributed by atoms with Crippen LogP contribution in [-0.4, -0.2) is 34.9 Å². The number of hydrogen-bond donors (Lipinski definition) is 2. The van der Waals surface area contributed by atoms with E-state index in [2.05, 4.69) is 4.90 Å². The second-order valence-electron chi connectivity index (χ2n) is 6.09. The fourth-order valence-electron chi connectivity index (χ4n) is 3.62. The van der Waals surface area contributed by atoms with E-state index in [9.17, 15) is 9.90 Å². The lowest BCUT2D eigenvalue weighted by Gasteiger charge is -2.48. The summed E-state index contributed by atoms with van der Waals surface area (Å²) in [5.41, 5.74) is 0.915. The molecular formula is C16H21NO3. The van der Waals surface area contributed by atoms with Gasteiger partial charge in [-0.05, 0) is 43.5 Å². The van der Waals surface area contributed by atoms with E-state index in [1.54, 1.807) is 12.1 Å². The average molecular weight is 275 g/mol. The third-order valence-corrected chi connectivity index (χ3v) is 4.91. The van der Waals surface area contributed by atoms with Gasteiger partial charge in [0.2, 0.25) is 0 Å². The molecule has 1 aliphatic carbocycles. The van der Waals surface area contributed by atoms with Crippen LogP contribution in [0.3, 0.4) is 0 Å². The predicted octanol–water partition coefficient (Wildman–Crippen LogP) is 2.52. The Morgan fingerprint density at radius 3 is 2.65 bits per heavy atom. The van der Waals surface area contributed by atoms with Gasteiger partial charge in [0, 0.05) is 24.7 Å². The monoisotopic (exact) mass is 275 g/mol. The lowest BCUT2D eigenvalue weighted by Crippen LogP contribution is -2.53. The highest BCUT2D eigenvalue weighted by Crippen LogP contribution is 2.40. The molecule has 4 heteroatoms. The zero-order valence-electron chi connectivity index (χ0n) is 11.6. The van der Waals surface area contributed by atoms with Crippen molar-refractivity contribution in [2.24, 2.45) is 5.92 Å². The maximum Gasteiger partial charge on any atom is 0.335 e. The Kier molecular flexibility index (Phi) is 3.42. The molecule has 1 saturated carbocycles. The highest BCUT2D eigenvalue weighted by molar-refractivity contribution is 5.88. The van der Waals surface area contributed by atoms with Gasteiger partial charge in [-0.3, -0.25) is 0 Å². The number of fused-ring (bicyclic) bond motifs is 1. The summed E-state index contributed by atoms with van der Waals surface area (Å²) in [6.45, 7) is 1.72. The summed E-state index contributed by atoms with van der Waals surface area (Å²) >= 11 is 0. The Morgan fingerprint density at radius 1 is 1.20 bits per heavy atom. The number of carboxylic acid groups (broad SMARTS) is 1. The van der Waals surface area contributed by atoms with E-state index in [1.165, 1.54) is 6.42 Å². The fourth-order valence-corrected chi connectivity index (χ4v) is 3.62. The molecule has 2 atom stereocenters. The molecule has 0 bridgehead atoms. The van der Waals surface area contributed by atoms with E-state index < -0.39 is 11.6 Å². The number of rotatable bonds is 2. The van der Waals surface area contributed by atoms with Crippen molar-refractivity contribution in [3.8, 4) is 0 Å². The van der Waals surface area contributed by atoms with Gasteiger partial charge in [-0.1, -0.05) is 12.8 Å². The third kappa shape index (κ3) is 2.40. The number of aromatic carboxylic acids is 1. The molecule has 2 aliphatic rings. The Labute approximate surface area is 119 Å². The minimum atomic E-state index is -0.892. The van der Waals surface area contributed by atoms with E-state index in [4.69, 9.17) is 5.11 Å². The third-order valence-electron chi connectivity index (χ3n) is 4.91. The molecule has 0 amide bonds. The summed E-state index contributed by atoms with van der Waals surface area (Å²) in [6.07, 6.45) is 5.20. The molecule has 1 aromatic rings. The Hall–Kier alpha value is -1.55. The number of hydrogen-bond acceptors (Lipinski definition) is 3. The summed E-state index contributed by atoms with van der Waals surface area (Å²) in [7, 11) is 0. The van der Waals surface area contributed by atoms with Gasteiger partial charge >= 0.3 is 5.97 Å². The largest absolute Gasteiger partial charge is 0.478 e. The van der Waals surface area contributed by atoms with Gasteiger partial charge in [0.1, 0.15) is 0 Å². The van der Waals surface area contributed by atoms with Crippen LogP contribution in [0.25, 0.3) is 0 Å². The molecule has 1 aliphatic heterocycles. The molecule has 1 heterocycles. The van der Waals surface area contributed by atoms with Crippen LogP contribution in [0.2, 0.25) is 0 Å². The van der Waals surface area contributed by atoms with Gasteiger partial charge in [-0.25, -0.2) is 4.79 Å². The number of anilines is 1. The van der Waals surface area contributed by atoms with Crippen molar-refractivity contribution < 1.29 is 15.0 Å². The molecular weight excluding hydrogens is 254 g/mol. The first-order valence-corrected chi connectivity index (χ1v) is 7.39. The van der Waals surface area contributed by atoms with Gasteiger partial charge in [0.05, 0.1) is 11.2 Å². The van der Waals surface area contributed by atoms with Crippen molar-refractivity contribution in [3.05, 3.63) is 29.8 Å². The SMILES string of the molecule is O=C(O)c1ccc(N2CCC3(O)CCCCC3C2)cc1. The van der Waals surface area contributed by atoms with Crippen molar-refractivity contribution in [1.29, 1.82) is 0 Å². The van der Waals surface area contributed by atoms with Crippen LogP contribution < -0.4 is 4.90 Å². The maximum atomic E-state index is 10.9. The van der Waals surface area contributed by atoms with Crippen LogP contribution in [-0.2, 0) is 0 Å². The minimum absolute atomic E-state index is 0.319. The molecule has 2 N–H and O–H groups in total. The smallest absolute Gasteiger partial charge is 0.335 e. The Bertz CT molecular complexity index is 499. The van der Waals surface area contributed by atoms with Gasteiger partial charge < -0.3 is 15.1 Å². The lowest BCUT2D eigenvalue weighted by atomic mass is 9.71. The summed E-state index contributed by atoms with van der Waals surface area (Å²) in [5, 5.41) is 19.6. The number of aliphatic hydroxyl groups is 1. The number of carbonyl (C=O) groups is 1. The van der Waals surface area contributed by atoms with Crippen LogP contribution in [0.15, 0.2) is 24.3 Å². The summed E-state index contributed by atoms with van der Waals surface area (Å²) in [6, 6.07) is 7.05. The van der Waals surface area contributed by atoms with Crippen molar-refractivity contribution in [3.63, 3.8) is 0 Å². The molecule has 1 aromatic carbocycles. The van der Waals surface area contributed by atoms with E-state index >= 15 is 0 Å². The normalized spacial score (nSPS) is 29.9. The Morgan fingerprint density at radius 2 is 1.95 bits per heavy atom. The first-order chi connectivity index (χ1) is 9.58. The van der Waals surface area contributed by atoms with Crippen LogP contribution in [0.4, 0.5) is 5.69 Å². The highest BCUT2D eigenvalue weighted by atomic mass is 16.4. The molecule has 0 aromatic heterocycles. The molecule has 4 nitrogen and oxygen atoms in total. The van der Waals surface area contributed by atoms with Crippen LogP contribution in [0, 0.1) is 5.92 Å². The summed E-state index contributed by atoms with van der Waals surface area (Å²) < 4.78 is 0. The molecule has 2 unspecified atom stereocenters. The standard InChI is InChI=1S/C16H21NO3/c18-15(19)12-4-6-14(7-5-12)17-10-9-16(20)8-2-1-3-13(16)11-17/h4-7,13,20H,1-3,8-11H2,(H,18,19). The van der Waals surface area contributed by atoms with E-state index in [0.717, 1.165) is 44.5 Å². The molecule has 3 rings (SSSR count). The lowest BCUT2D eigenvalue weighted by molar-refractivity contribution is -0.0612. The van der Waals surface area contributed by atoms with Crippen LogP contribution in [0.1, 0.15) is 42.5 Å². The molecule has 0 spiro atoms. The van der Waals surface area contributed by atoms with Crippen molar-refractivity contribution in [2.45, 2.75) is 37.7 Å². The molecule has 20 heavy (non-hydrogen) atoms. The van der Waals surface area contributed by atoms with Gasteiger partial charge in [0.15, 0.2) is 0 Å². The molecule has 108 valence electrons. The van der Waals surface area contributed by atoms with Gasteiger partial charge in [0.25, 0.3) is 0 Å². The van der Waals surface area contributed by atoms with Crippen molar-refractivity contribution in [2.75, 3.05) is 18.0 Å². The number of carboxylic acids is 1. The van der Waals surface area contributed by atoms with E-state index in [1.807, 2.05) is 12.1 Å². The van der Waals surface area contributed by atoms with Crippen molar-refractivity contribution in [1.82, 2.24) is 0 Å². The number of piperidine rings is 1. The first kappa shape index (κ1) is 13.4. The molecule has 0 radical (unpaired) electrons. The number of nitrogens with zero attached hydrogens (tertiary/aromatic N) is 1. The highest BCUT2D eigenvalue weighted by Gasteiger charge is 2.42. The van der Waals surface area contributed by atoms with Gasteiger partial charge in [-0.2, -0.15) is 0 Å². The fraction of sp³-hybridized carbons (Fsp3) is 0.562.